The van der Waals surface area contributed by atoms with Crippen LogP contribution in [0.4, 0.5) is 0 Å². The first-order valence-electron chi connectivity index (χ1n) is 4.85. The summed E-state index contributed by atoms with van der Waals surface area (Å²) in [5.41, 5.74) is 0. The van der Waals surface area contributed by atoms with E-state index < -0.39 is 0 Å². The minimum absolute atomic E-state index is 0.0252. The molecule has 0 bridgehead atoms. The Balaban J connectivity index is 2.10. The highest BCUT2D eigenvalue weighted by Crippen LogP contribution is 2.35. The largest absolute Gasteiger partial charge is 0.355 e. The molecule has 13 heavy (non-hydrogen) atoms. The van der Waals surface area contributed by atoms with Crippen molar-refractivity contribution >= 4 is 11.7 Å². The molecule has 1 amide bonds. The molecule has 0 heterocycles. The highest BCUT2D eigenvalue weighted by molar-refractivity contribution is 5.96. The first-order chi connectivity index (χ1) is 6.09. The topological polar surface area (TPSA) is 46.2 Å². The fourth-order valence-electron chi connectivity index (χ4n) is 1.40. The molecule has 0 aromatic heterocycles. The Kier molecular flexibility index (Phi) is 3.46. The lowest BCUT2D eigenvalue weighted by Gasteiger charge is -2.10. The summed E-state index contributed by atoms with van der Waals surface area (Å²) in [6.07, 6.45) is 2.62. The number of hydrogen-bond acceptors (Lipinski definition) is 2. The fourth-order valence-corrected chi connectivity index (χ4v) is 1.40. The summed E-state index contributed by atoms with van der Waals surface area (Å²) in [5.74, 6) is 1.16. The van der Waals surface area contributed by atoms with Crippen molar-refractivity contribution in [3.8, 4) is 0 Å². The number of carbonyl (C=O) groups excluding carboxylic acids is 2. The van der Waals surface area contributed by atoms with Crippen LogP contribution in [0.2, 0.25) is 0 Å². The molecule has 0 aromatic carbocycles. The van der Waals surface area contributed by atoms with Crippen LogP contribution in [0, 0.1) is 11.8 Å². The fraction of sp³-hybridized carbons (Fsp3) is 0.800. The van der Waals surface area contributed by atoms with E-state index in [1.54, 1.807) is 0 Å². The molecule has 3 nitrogen and oxygen atoms in total. The zero-order chi connectivity index (χ0) is 9.84. The summed E-state index contributed by atoms with van der Waals surface area (Å²) in [6, 6.07) is 0. The molecule has 1 fully saturated rings. The lowest BCUT2D eigenvalue weighted by molar-refractivity contribution is -0.127. The lowest BCUT2D eigenvalue weighted by Crippen LogP contribution is -2.30. The van der Waals surface area contributed by atoms with Crippen LogP contribution < -0.4 is 5.32 Å². The van der Waals surface area contributed by atoms with Crippen LogP contribution in [-0.4, -0.2) is 18.2 Å². The average Bonchev–Trinajstić information content (AvgIpc) is 2.80. The Labute approximate surface area is 78.9 Å². The third-order valence-electron chi connectivity index (χ3n) is 2.46. The van der Waals surface area contributed by atoms with Gasteiger partial charge >= 0.3 is 0 Å². The van der Waals surface area contributed by atoms with Gasteiger partial charge in [-0.15, -0.1) is 0 Å². The second-order valence-corrected chi connectivity index (χ2v) is 4.00. The Morgan fingerprint density at radius 1 is 1.46 bits per heavy atom. The van der Waals surface area contributed by atoms with E-state index >= 15 is 0 Å². The summed E-state index contributed by atoms with van der Waals surface area (Å²) < 4.78 is 0. The van der Waals surface area contributed by atoms with Gasteiger partial charge in [-0.2, -0.15) is 0 Å². The Morgan fingerprint density at radius 2 is 2.08 bits per heavy atom. The van der Waals surface area contributed by atoms with Crippen molar-refractivity contribution in [1.82, 2.24) is 5.32 Å². The minimum atomic E-state index is -0.139. The van der Waals surface area contributed by atoms with Gasteiger partial charge in [-0.1, -0.05) is 6.92 Å². The SMILES string of the molecule is CC(=O)CC(=O)NCC(C)C1CC1. The number of rotatable bonds is 5. The quantitative estimate of drug-likeness (QED) is 0.649. The van der Waals surface area contributed by atoms with Gasteiger partial charge in [0, 0.05) is 6.54 Å². The van der Waals surface area contributed by atoms with Gasteiger partial charge < -0.3 is 5.32 Å². The molecule has 0 aliphatic heterocycles. The monoisotopic (exact) mass is 183 g/mol. The molecule has 0 spiro atoms. The van der Waals surface area contributed by atoms with E-state index in [-0.39, 0.29) is 18.1 Å². The van der Waals surface area contributed by atoms with Crippen LogP contribution in [0.5, 0.6) is 0 Å². The molecule has 3 heteroatoms. The van der Waals surface area contributed by atoms with Gasteiger partial charge in [-0.3, -0.25) is 9.59 Å². The number of nitrogens with one attached hydrogen (secondary N) is 1. The average molecular weight is 183 g/mol. The molecule has 74 valence electrons. The van der Waals surface area contributed by atoms with Crippen LogP contribution in [0.15, 0.2) is 0 Å². The summed E-state index contributed by atoms with van der Waals surface area (Å²) >= 11 is 0. The number of carbonyl (C=O) groups is 2. The maximum absolute atomic E-state index is 11.1. The molecule has 0 radical (unpaired) electrons. The van der Waals surface area contributed by atoms with E-state index in [0.29, 0.717) is 5.92 Å². The summed E-state index contributed by atoms with van der Waals surface area (Å²) in [5, 5.41) is 2.78. The molecule has 1 unspecified atom stereocenters. The molecule has 1 rings (SSSR count). The van der Waals surface area contributed by atoms with Crippen LogP contribution in [0.1, 0.15) is 33.1 Å². The van der Waals surface area contributed by atoms with Crippen molar-refractivity contribution in [1.29, 1.82) is 0 Å². The van der Waals surface area contributed by atoms with E-state index in [4.69, 9.17) is 0 Å². The number of amides is 1. The minimum Gasteiger partial charge on any atom is -0.355 e. The zero-order valence-electron chi connectivity index (χ0n) is 8.30. The van der Waals surface area contributed by atoms with Crippen molar-refractivity contribution in [2.75, 3.05) is 6.54 Å². The predicted octanol–water partition coefficient (Wildman–Crippen LogP) is 1.13. The van der Waals surface area contributed by atoms with Crippen LogP contribution in [0.25, 0.3) is 0 Å². The number of hydrogen-bond donors (Lipinski definition) is 1. The molecular formula is C10H17NO2. The molecule has 0 saturated heterocycles. The van der Waals surface area contributed by atoms with E-state index in [9.17, 15) is 9.59 Å². The van der Waals surface area contributed by atoms with Crippen LogP contribution in [0.3, 0.4) is 0 Å². The van der Waals surface area contributed by atoms with E-state index in [2.05, 4.69) is 12.2 Å². The second kappa shape index (κ2) is 4.40. The van der Waals surface area contributed by atoms with E-state index in [1.165, 1.54) is 19.8 Å². The Hall–Kier alpha value is -0.860. The predicted molar refractivity (Wildman–Crippen MR) is 50.2 cm³/mol. The first-order valence-corrected chi connectivity index (χ1v) is 4.85. The van der Waals surface area contributed by atoms with Crippen molar-refractivity contribution in [2.45, 2.75) is 33.1 Å². The smallest absolute Gasteiger partial charge is 0.227 e. The highest BCUT2D eigenvalue weighted by Gasteiger charge is 2.27. The first kappa shape index (κ1) is 10.2. The lowest BCUT2D eigenvalue weighted by atomic mass is 10.1. The molecule has 1 atom stereocenters. The van der Waals surface area contributed by atoms with Crippen molar-refractivity contribution < 1.29 is 9.59 Å². The Morgan fingerprint density at radius 3 is 2.54 bits per heavy atom. The molecule has 1 N–H and O–H groups in total. The van der Waals surface area contributed by atoms with Crippen molar-refractivity contribution in [3.05, 3.63) is 0 Å². The maximum Gasteiger partial charge on any atom is 0.227 e. The standard InChI is InChI=1S/C10H17NO2/c1-7(9-3-4-9)6-11-10(13)5-8(2)12/h7,9H,3-6H2,1-2H3,(H,11,13). The van der Waals surface area contributed by atoms with Gasteiger partial charge in [-0.05, 0) is 31.6 Å². The van der Waals surface area contributed by atoms with Gasteiger partial charge in [0.15, 0.2) is 0 Å². The maximum atomic E-state index is 11.1. The third-order valence-corrected chi connectivity index (χ3v) is 2.46. The highest BCUT2D eigenvalue weighted by atomic mass is 16.2. The van der Waals surface area contributed by atoms with E-state index in [0.717, 1.165) is 12.5 Å². The van der Waals surface area contributed by atoms with Gasteiger partial charge in [0.1, 0.15) is 5.78 Å². The zero-order valence-corrected chi connectivity index (χ0v) is 8.30. The summed E-state index contributed by atoms with van der Waals surface area (Å²) in [7, 11) is 0. The van der Waals surface area contributed by atoms with E-state index in [1.807, 2.05) is 0 Å². The van der Waals surface area contributed by atoms with Crippen LogP contribution >= 0.6 is 0 Å². The number of ketones is 1. The van der Waals surface area contributed by atoms with Gasteiger partial charge in [0.25, 0.3) is 0 Å². The van der Waals surface area contributed by atoms with Crippen LogP contribution in [-0.2, 0) is 9.59 Å². The molecule has 1 aliphatic rings. The van der Waals surface area contributed by atoms with Gasteiger partial charge in [0.2, 0.25) is 5.91 Å². The molecular weight excluding hydrogens is 166 g/mol. The normalized spacial score (nSPS) is 18.0. The van der Waals surface area contributed by atoms with Gasteiger partial charge in [0.05, 0.1) is 6.42 Å². The van der Waals surface area contributed by atoms with Gasteiger partial charge in [-0.25, -0.2) is 0 Å². The molecule has 1 saturated carbocycles. The third kappa shape index (κ3) is 4.06. The number of Topliss-reactive ketones (excluding diaryl/α,β-unsaturated/α-hetero) is 1. The van der Waals surface area contributed by atoms with Crippen molar-refractivity contribution in [2.24, 2.45) is 11.8 Å². The summed E-state index contributed by atoms with van der Waals surface area (Å²) in [6.45, 7) is 4.30. The second-order valence-electron chi connectivity index (χ2n) is 4.00. The Bertz CT molecular complexity index is 209. The summed E-state index contributed by atoms with van der Waals surface area (Å²) in [4.78, 5) is 21.7. The molecule has 0 aromatic rings. The van der Waals surface area contributed by atoms with Crippen molar-refractivity contribution in [3.63, 3.8) is 0 Å². The molecule has 1 aliphatic carbocycles.